The van der Waals surface area contributed by atoms with Crippen molar-refractivity contribution in [2.24, 2.45) is 0 Å². The van der Waals surface area contributed by atoms with Gasteiger partial charge in [0.2, 0.25) is 0 Å². The van der Waals surface area contributed by atoms with Gasteiger partial charge in [0.15, 0.2) is 5.65 Å². The van der Waals surface area contributed by atoms with Crippen molar-refractivity contribution in [2.45, 2.75) is 26.4 Å². The molecule has 0 saturated carbocycles. The maximum Gasteiger partial charge on any atom is 0.417 e. The molecule has 2 aromatic heterocycles. The van der Waals surface area contributed by atoms with E-state index in [9.17, 15) is 18.0 Å². The molecule has 0 radical (unpaired) electrons. The Morgan fingerprint density at radius 1 is 1.31 bits per heavy atom. The first-order valence-electron chi connectivity index (χ1n) is 7.86. The van der Waals surface area contributed by atoms with Gasteiger partial charge in [-0.05, 0) is 37.1 Å². The van der Waals surface area contributed by atoms with Gasteiger partial charge in [0.25, 0.3) is 5.91 Å². The zero-order chi connectivity index (χ0) is 19.1. The molecule has 26 heavy (non-hydrogen) atoms. The number of aryl methyl sites for hydroxylation is 2. The Balaban J connectivity index is 2.14. The SMILES string of the molecule is CCc1nc2c(Cl)cc(C(F)(F)F)cn2c1C(=O)Nc1cccc(C)c1. The van der Waals surface area contributed by atoms with Crippen molar-refractivity contribution in [1.82, 2.24) is 9.38 Å². The molecule has 0 atom stereocenters. The van der Waals surface area contributed by atoms with Crippen molar-refractivity contribution in [3.63, 3.8) is 0 Å². The fourth-order valence-electron chi connectivity index (χ4n) is 2.71. The van der Waals surface area contributed by atoms with Crippen LogP contribution < -0.4 is 5.32 Å². The third kappa shape index (κ3) is 3.39. The van der Waals surface area contributed by atoms with E-state index in [0.29, 0.717) is 17.8 Å². The highest BCUT2D eigenvalue weighted by molar-refractivity contribution is 6.33. The second-order valence-electron chi connectivity index (χ2n) is 5.85. The summed E-state index contributed by atoms with van der Waals surface area (Å²) in [5.41, 5.74) is 1.07. The Hall–Kier alpha value is -2.54. The van der Waals surface area contributed by atoms with Gasteiger partial charge in [-0.2, -0.15) is 13.2 Å². The van der Waals surface area contributed by atoms with Gasteiger partial charge in [0.1, 0.15) is 5.69 Å². The van der Waals surface area contributed by atoms with Gasteiger partial charge in [0.05, 0.1) is 16.3 Å². The van der Waals surface area contributed by atoms with E-state index in [0.717, 1.165) is 22.2 Å². The number of carbonyl (C=O) groups excluding carboxylic acids is 1. The monoisotopic (exact) mass is 381 g/mol. The highest BCUT2D eigenvalue weighted by Gasteiger charge is 2.33. The van der Waals surface area contributed by atoms with Gasteiger partial charge in [-0.3, -0.25) is 9.20 Å². The van der Waals surface area contributed by atoms with Crippen molar-refractivity contribution in [2.75, 3.05) is 5.32 Å². The highest BCUT2D eigenvalue weighted by Crippen LogP contribution is 2.33. The van der Waals surface area contributed by atoms with E-state index < -0.39 is 17.6 Å². The summed E-state index contributed by atoms with van der Waals surface area (Å²) in [6.07, 6.45) is -3.37. The molecule has 0 aliphatic carbocycles. The minimum absolute atomic E-state index is 0.0389. The summed E-state index contributed by atoms with van der Waals surface area (Å²) in [6, 6.07) is 7.93. The lowest BCUT2D eigenvalue weighted by Gasteiger charge is -2.10. The zero-order valence-corrected chi connectivity index (χ0v) is 14.7. The summed E-state index contributed by atoms with van der Waals surface area (Å²) in [4.78, 5) is 17.0. The van der Waals surface area contributed by atoms with Gasteiger partial charge in [-0.1, -0.05) is 30.7 Å². The first kappa shape index (κ1) is 18.3. The summed E-state index contributed by atoms with van der Waals surface area (Å²) < 4.78 is 40.5. The predicted octanol–water partition coefficient (Wildman–Crippen LogP) is 5.13. The fourth-order valence-corrected chi connectivity index (χ4v) is 2.96. The van der Waals surface area contributed by atoms with Crippen LogP contribution in [0, 0.1) is 6.92 Å². The third-order valence-corrected chi connectivity index (χ3v) is 4.18. The van der Waals surface area contributed by atoms with E-state index in [4.69, 9.17) is 11.6 Å². The van der Waals surface area contributed by atoms with Crippen LogP contribution in [0.1, 0.15) is 34.2 Å². The lowest BCUT2D eigenvalue weighted by atomic mass is 10.2. The molecule has 3 aromatic rings. The molecular formula is C18H15ClF3N3O. The maximum absolute atomic E-state index is 13.1. The van der Waals surface area contributed by atoms with Crippen molar-refractivity contribution < 1.29 is 18.0 Å². The number of pyridine rings is 1. The Labute approximate surface area is 152 Å². The van der Waals surface area contributed by atoms with E-state index >= 15 is 0 Å². The quantitative estimate of drug-likeness (QED) is 0.683. The van der Waals surface area contributed by atoms with Gasteiger partial charge in [-0.25, -0.2) is 4.98 Å². The summed E-state index contributed by atoms with van der Waals surface area (Å²) in [5, 5.41) is 2.54. The molecule has 0 unspecified atom stereocenters. The summed E-state index contributed by atoms with van der Waals surface area (Å²) in [7, 11) is 0. The normalized spacial score (nSPS) is 11.8. The third-order valence-electron chi connectivity index (χ3n) is 3.90. The molecular weight excluding hydrogens is 367 g/mol. The number of amides is 1. The molecule has 0 aliphatic rings. The summed E-state index contributed by atoms with van der Waals surface area (Å²) in [5.74, 6) is -0.546. The van der Waals surface area contributed by atoms with Crippen molar-refractivity contribution in [3.8, 4) is 0 Å². The van der Waals surface area contributed by atoms with Crippen molar-refractivity contribution >= 4 is 28.8 Å². The molecule has 8 heteroatoms. The Morgan fingerprint density at radius 2 is 2.04 bits per heavy atom. The molecule has 1 N–H and O–H groups in total. The highest BCUT2D eigenvalue weighted by atomic mass is 35.5. The number of hydrogen-bond acceptors (Lipinski definition) is 2. The van der Waals surface area contributed by atoms with Crippen LogP contribution in [0.2, 0.25) is 5.02 Å². The number of imidazole rings is 1. The minimum atomic E-state index is -4.58. The molecule has 1 aromatic carbocycles. The van der Waals surface area contributed by atoms with Crippen LogP contribution in [0.15, 0.2) is 36.5 Å². The summed E-state index contributed by atoms with van der Waals surface area (Å²) in [6.45, 7) is 3.64. The number of anilines is 1. The minimum Gasteiger partial charge on any atom is -0.321 e. The largest absolute Gasteiger partial charge is 0.417 e. The Morgan fingerprint density at radius 3 is 2.65 bits per heavy atom. The number of benzene rings is 1. The number of carbonyl (C=O) groups is 1. The molecule has 0 fully saturated rings. The molecule has 0 bridgehead atoms. The smallest absolute Gasteiger partial charge is 0.321 e. The van der Waals surface area contributed by atoms with Crippen LogP contribution in [0.3, 0.4) is 0 Å². The molecule has 0 aliphatic heterocycles. The molecule has 1 amide bonds. The first-order valence-corrected chi connectivity index (χ1v) is 8.24. The number of alkyl halides is 3. The molecule has 0 saturated heterocycles. The number of hydrogen-bond donors (Lipinski definition) is 1. The Bertz CT molecular complexity index is 995. The molecule has 3 rings (SSSR count). The Kier molecular flexibility index (Phi) is 4.66. The van der Waals surface area contributed by atoms with E-state index in [-0.39, 0.29) is 16.4 Å². The average molecular weight is 382 g/mol. The topological polar surface area (TPSA) is 46.4 Å². The van der Waals surface area contributed by atoms with Crippen LogP contribution in [0.25, 0.3) is 5.65 Å². The number of aromatic nitrogens is 2. The standard InChI is InChI=1S/C18H15ClF3N3O/c1-3-14-15(17(26)23-12-6-4-5-10(2)7-12)25-9-11(18(20,21)22)8-13(19)16(25)24-14/h4-9H,3H2,1-2H3,(H,23,26). The van der Waals surface area contributed by atoms with Crippen molar-refractivity contribution in [1.29, 1.82) is 0 Å². The lowest BCUT2D eigenvalue weighted by molar-refractivity contribution is -0.137. The van der Waals surface area contributed by atoms with E-state index in [2.05, 4.69) is 10.3 Å². The number of nitrogens with one attached hydrogen (secondary N) is 1. The van der Waals surface area contributed by atoms with Crippen LogP contribution in [0.5, 0.6) is 0 Å². The lowest BCUT2D eigenvalue weighted by Crippen LogP contribution is -2.17. The van der Waals surface area contributed by atoms with E-state index in [1.165, 1.54) is 0 Å². The number of nitrogens with zero attached hydrogens (tertiary/aromatic N) is 2. The van der Waals surface area contributed by atoms with E-state index in [1.54, 1.807) is 25.1 Å². The predicted molar refractivity (Wildman–Crippen MR) is 93.7 cm³/mol. The van der Waals surface area contributed by atoms with Crippen LogP contribution in [-0.2, 0) is 12.6 Å². The van der Waals surface area contributed by atoms with Crippen LogP contribution in [-0.4, -0.2) is 15.3 Å². The number of fused-ring (bicyclic) bond motifs is 1. The van der Waals surface area contributed by atoms with Crippen LogP contribution in [0.4, 0.5) is 18.9 Å². The second-order valence-corrected chi connectivity index (χ2v) is 6.26. The van der Waals surface area contributed by atoms with Gasteiger partial charge >= 0.3 is 6.18 Å². The number of halogens is 4. The van der Waals surface area contributed by atoms with Gasteiger partial charge in [-0.15, -0.1) is 0 Å². The van der Waals surface area contributed by atoms with Crippen molar-refractivity contribution in [3.05, 3.63) is 64.1 Å². The molecule has 136 valence electrons. The molecule has 2 heterocycles. The molecule has 0 spiro atoms. The molecule has 4 nitrogen and oxygen atoms in total. The fraction of sp³-hybridized carbons (Fsp3) is 0.222. The van der Waals surface area contributed by atoms with E-state index in [1.807, 2.05) is 13.0 Å². The zero-order valence-electron chi connectivity index (χ0n) is 14.0. The van der Waals surface area contributed by atoms with Crippen LogP contribution >= 0.6 is 11.6 Å². The maximum atomic E-state index is 13.1. The first-order chi connectivity index (χ1) is 12.2. The second kappa shape index (κ2) is 6.64. The summed E-state index contributed by atoms with van der Waals surface area (Å²) >= 11 is 5.98. The number of rotatable bonds is 3. The van der Waals surface area contributed by atoms with Gasteiger partial charge in [0, 0.05) is 11.9 Å². The average Bonchev–Trinajstić information content (AvgIpc) is 2.93. The van der Waals surface area contributed by atoms with Gasteiger partial charge < -0.3 is 5.32 Å².